The SMILES string of the molecule is COc1ccc(OCCNC(=O)c2nn(-c3ccc(C)cc3)c3c2CCC3)cc1. The minimum atomic E-state index is -0.146. The van der Waals surface area contributed by atoms with Crippen LogP contribution < -0.4 is 14.8 Å². The maximum Gasteiger partial charge on any atom is 0.272 e. The van der Waals surface area contributed by atoms with Crippen molar-refractivity contribution in [2.45, 2.75) is 26.2 Å². The Kier molecular flexibility index (Phi) is 5.51. The second-order valence-electron chi connectivity index (χ2n) is 7.15. The van der Waals surface area contributed by atoms with Gasteiger partial charge in [0.2, 0.25) is 0 Å². The van der Waals surface area contributed by atoms with E-state index in [1.165, 1.54) is 5.56 Å². The summed E-state index contributed by atoms with van der Waals surface area (Å²) in [5, 5.41) is 7.57. The molecule has 6 nitrogen and oxygen atoms in total. The summed E-state index contributed by atoms with van der Waals surface area (Å²) in [6, 6.07) is 15.6. The van der Waals surface area contributed by atoms with E-state index in [1.54, 1.807) is 7.11 Å². The molecular formula is C23H25N3O3. The van der Waals surface area contributed by atoms with Crippen molar-refractivity contribution in [3.05, 3.63) is 71.0 Å². The van der Waals surface area contributed by atoms with Gasteiger partial charge in [-0.1, -0.05) is 17.7 Å². The molecule has 1 heterocycles. The largest absolute Gasteiger partial charge is 0.497 e. The molecule has 1 amide bonds. The summed E-state index contributed by atoms with van der Waals surface area (Å²) in [6.07, 6.45) is 2.90. The fourth-order valence-corrected chi connectivity index (χ4v) is 3.61. The number of aryl methyl sites for hydroxylation is 1. The summed E-state index contributed by atoms with van der Waals surface area (Å²) < 4.78 is 12.7. The van der Waals surface area contributed by atoms with Crippen LogP contribution in [0.25, 0.3) is 5.69 Å². The second kappa shape index (κ2) is 8.39. The van der Waals surface area contributed by atoms with Crippen LogP contribution in [-0.4, -0.2) is 35.9 Å². The van der Waals surface area contributed by atoms with Crippen molar-refractivity contribution in [3.8, 4) is 17.2 Å². The minimum absolute atomic E-state index is 0.146. The number of ether oxygens (including phenoxy) is 2. The number of hydrogen-bond donors (Lipinski definition) is 1. The molecule has 4 rings (SSSR count). The topological polar surface area (TPSA) is 65.4 Å². The van der Waals surface area contributed by atoms with Crippen LogP contribution in [-0.2, 0) is 12.8 Å². The first-order valence-corrected chi connectivity index (χ1v) is 9.88. The molecule has 0 spiro atoms. The Balaban J connectivity index is 1.39. The molecule has 1 N–H and O–H groups in total. The third kappa shape index (κ3) is 4.11. The van der Waals surface area contributed by atoms with E-state index in [1.807, 2.05) is 41.1 Å². The zero-order chi connectivity index (χ0) is 20.2. The molecule has 0 unspecified atom stereocenters. The lowest BCUT2D eigenvalue weighted by atomic mass is 10.2. The summed E-state index contributed by atoms with van der Waals surface area (Å²) in [4.78, 5) is 12.7. The molecule has 0 aliphatic heterocycles. The quantitative estimate of drug-likeness (QED) is 0.626. The maximum atomic E-state index is 12.7. The van der Waals surface area contributed by atoms with E-state index in [-0.39, 0.29) is 5.91 Å². The van der Waals surface area contributed by atoms with Crippen molar-refractivity contribution >= 4 is 5.91 Å². The number of hydrogen-bond acceptors (Lipinski definition) is 4. The van der Waals surface area contributed by atoms with Gasteiger partial charge < -0.3 is 14.8 Å². The number of benzene rings is 2. The molecule has 0 atom stereocenters. The molecule has 0 fully saturated rings. The Morgan fingerprint density at radius 3 is 2.52 bits per heavy atom. The summed E-state index contributed by atoms with van der Waals surface area (Å²) in [5.74, 6) is 1.38. The zero-order valence-corrected chi connectivity index (χ0v) is 16.8. The number of carbonyl (C=O) groups is 1. The van der Waals surface area contributed by atoms with E-state index < -0.39 is 0 Å². The van der Waals surface area contributed by atoms with Crippen molar-refractivity contribution in [1.29, 1.82) is 0 Å². The molecule has 0 saturated carbocycles. The van der Waals surface area contributed by atoms with Crippen LogP contribution in [0.3, 0.4) is 0 Å². The molecule has 1 aliphatic carbocycles. The fraction of sp³-hybridized carbons (Fsp3) is 0.304. The first-order chi connectivity index (χ1) is 14.2. The Labute approximate surface area is 170 Å². The number of carbonyl (C=O) groups excluding carboxylic acids is 1. The fourth-order valence-electron chi connectivity index (χ4n) is 3.61. The molecule has 150 valence electrons. The number of methoxy groups -OCH3 is 1. The van der Waals surface area contributed by atoms with Gasteiger partial charge in [0.1, 0.15) is 18.1 Å². The molecule has 29 heavy (non-hydrogen) atoms. The van der Waals surface area contributed by atoms with Crippen LogP contribution in [0.2, 0.25) is 0 Å². The summed E-state index contributed by atoms with van der Waals surface area (Å²) in [6.45, 7) is 2.86. The number of nitrogens with one attached hydrogen (secondary N) is 1. The predicted octanol–water partition coefficient (Wildman–Crippen LogP) is 3.49. The maximum absolute atomic E-state index is 12.7. The number of rotatable bonds is 7. The average Bonchev–Trinajstić information content (AvgIpc) is 3.35. The lowest BCUT2D eigenvalue weighted by Gasteiger charge is -2.08. The van der Waals surface area contributed by atoms with E-state index in [4.69, 9.17) is 9.47 Å². The Morgan fingerprint density at radius 2 is 1.79 bits per heavy atom. The second-order valence-corrected chi connectivity index (χ2v) is 7.15. The molecule has 3 aromatic rings. The Hall–Kier alpha value is -3.28. The first kappa shape index (κ1) is 19.1. The van der Waals surface area contributed by atoms with Crippen molar-refractivity contribution in [2.24, 2.45) is 0 Å². The molecule has 0 radical (unpaired) electrons. The Bertz CT molecular complexity index is 991. The lowest BCUT2D eigenvalue weighted by molar-refractivity contribution is 0.0940. The number of amides is 1. The van der Waals surface area contributed by atoms with Gasteiger partial charge in [0, 0.05) is 11.3 Å². The highest BCUT2D eigenvalue weighted by Gasteiger charge is 2.26. The molecule has 2 aromatic carbocycles. The van der Waals surface area contributed by atoms with Gasteiger partial charge in [-0.3, -0.25) is 4.79 Å². The van der Waals surface area contributed by atoms with Crippen LogP contribution in [0.5, 0.6) is 11.5 Å². The van der Waals surface area contributed by atoms with Gasteiger partial charge in [-0.15, -0.1) is 0 Å². The van der Waals surface area contributed by atoms with Gasteiger partial charge in [-0.05, 0) is 62.6 Å². The number of nitrogens with zero attached hydrogens (tertiary/aromatic N) is 2. The van der Waals surface area contributed by atoms with Gasteiger partial charge in [0.05, 0.1) is 19.3 Å². The third-order valence-corrected chi connectivity index (χ3v) is 5.14. The van der Waals surface area contributed by atoms with Gasteiger partial charge >= 0.3 is 0 Å². The summed E-state index contributed by atoms with van der Waals surface area (Å²) in [7, 11) is 1.63. The number of fused-ring (bicyclic) bond motifs is 1. The van der Waals surface area contributed by atoms with E-state index >= 15 is 0 Å². The van der Waals surface area contributed by atoms with Crippen LogP contribution in [0.4, 0.5) is 0 Å². The smallest absolute Gasteiger partial charge is 0.272 e. The van der Waals surface area contributed by atoms with Gasteiger partial charge in [0.25, 0.3) is 5.91 Å². The molecular weight excluding hydrogens is 366 g/mol. The van der Waals surface area contributed by atoms with E-state index in [0.29, 0.717) is 18.8 Å². The standard InChI is InChI=1S/C23H25N3O3/c1-16-6-8-17(9-7-16)26-21-5-3-4-20(21)22(25-26)23(27)24-14-15-29-19-12-10-18(28-2)11-13-19/h6-13H,3-5,14-15H2,1-2H3,(H,24,27). The molecule has 0 bridgehead atoms. The molecule has 0 saturated heterocycles. The van der Waals surface area contributed by atoms with E-state index in [9.17, 15) is 4.79 Å². The van der Waals surface area contributed by atoms with E-state index in [0.717, 1.165) is 47.7 Å². The molecule has 1 aliphatic rings. The normalized spacial score (nSPS) is 12.5. The van der Waals surface area contributed by atoms with Crippen molar-refractivity contribution in [2.75, 3.05) is 20.3 Å². The average molecular weight is 391 g/mol. The zero-order valence-electron chi connectivity index (χ0n) is 16.8. The summed E-state index contributed by atoms with van der Waals surface area (Å²) >= 11 is 0. The first-order valence-electron chi connectivity index (χ1n) is 9.88. The van der Waals surface area contributed by atoms with E-state index in [2.05, 4.69) is 29.5 Å². The van der Waals surface area contributed by atoms with Gasteiger partial charge in [-0.2, -0.15) is 5.10 Å². The highest BCUT2D eigenvalue weighted by Crippen LogP contribution is 2.28. The lowest BCUT2D eigenvalue weighted by Crippen LogP contribution is -2.29. The third-order valence-electron chi connectivity index (χ3n) is 5.14. The van der Waals surface area contributed by atoms with Gasteiger partial charge in [-0.25, -0.2) is 4.68 Å². The monoisotopic (exact) mass is 391 g/mol. The highest BCUT2D eigenvalue weighted by atomic mass is 16.5. The minimum Gasteiger partial charge on any atom is -0.497 e. The highest BCUT2D eigenvalue weighted by molar-refractivity contribution is 5.94. The molecule has 1 aromatic heterocycles. The molecule has 6 heteroatoms. The van der Waals surface area contributed by atoms with Crippen molar-refractivity contribution < 1.29 is 14.3 Å². The number of aromatic nitrogens is 2. The van der Waals surface area contributed by atoms with Crippen LogP contribution in [0.15, 0.2) is 48.5 Å². The Morgan fingerprint density at radius 1 is 1.07 bits per heavy atom. The van der Waals surface area contributed by atoms with Crippen LogP contribution in [0, 0.1) is 6.92 Å². The van der Waals surface area contributed by atoms with Crippen molar-refractivity contribution in [3.63, 3.8) is 0 Å². The van der Waals surface area contributed by atoms with Crippen LogP contribution in [0.1, 0.15) is 33.7 Å². The predicted molar refractivity (Wildman–Crippen MR) is 111 cm³/mol. The van der Waals surface area contributed by atoms with Crippen LogP contribution >= 0.6 is 0 Å². The van der Waals surface area contributed by atoms with Crippen molar-refractivity contribution in [1.82, 2.24) is 15.1 Å². The van der Waals surface area contributed by atoms with Gasteiger partial charge in [0.15, 0.2) is 5.69 Å². The summed E-state index contributed by atoms with van der Waals surface area (Å²) in [5.41, 5.74) is 4.94.